The van der Waals surface area contributed by atoms with Gasteiger partial charge in [-0.2, -0.15) is 0 Å². The molecule has 3 aliphatic rings. The Labute approximate surface area is 453 Å². The molecule has 0 fully saturated rings. The van der Waals surface area contributed by atoms with Gasteiger partial charge in [0.15, 0.2) is 0 Å². The van der Waals surface area contributed by atoms with E-state index in [1.165, 1.54) is 117 Å². The monoisotopic (exact) mass is 998 g/mol. The third-order valence-corrected chi connectivity index (χ3v) is 17.1. The zero-order valence-electron chi connectivity index (χ0n) is 46.1. The number of para-hydroxylation sites is 4. The molecule has 0 saturated carbocycles. The van der Waals surface area contributed by atoms with Crippen molar-refractivity contribution in [1.29, 1.82) is 0 Å². The summed E-state index contributed by atoms with van der Waals surface area (Å²) >= 11 is 0. The summed E-state index contributed by atoms with van der Waals surface area (Å²) in [4.78, 5) is 5.34. The zero-order valence-corrected chi connectivity index (χ0v) is 46.1. The Morgan fingerprint density at radius 3 is 1.73 bits per heavy atom. The van der Waals surface area contributed by atoms with E-state index < -0.39 is 0 Å². The highest BCUT2D eigenvalue weighted by Crippen LogP contribution is 2.51. The van der Waals surface area contributed by atoms with Crippen LogP contribution < -0.4 is 26.2 Å². The zero-order chi connectivity index (χ0) is 52.8. The molecule has 14 rings (SSSR count). The molecule has 0 N–H and O–H groups in total. The SMILES string of the molecule is Cc1cc(-c2cccc3c2oc2ccccc23)cc(C)c1N1c2cc(C(C)(C)C)ccc2B2c3cc4c5ccccc5n(-c5ccccc5)c4cc3N(c3c(C)cc(C4=CCCC=C4)cc3C)c3cc(C(C)(C)C)cc1c32. The van der Waals surface area contributed by atoms with Crippen molar-refractivity contribution in [3.8, 4) is 16.8 Å². The Bertz CT molecular complexity index is 4310. The summed E-state index contributed by atoms with van der Waals surface area (Å²) in [5.41, 5.74) is 28.9. The first-order valence-corrected chi connectivity index (χ1v) is 27.7. The van der Waals surface area contributed by atoms with Crippen LogP contribution in [0, 0.1) is 27.7 Å². The van der Waals surface area contributed by atoms with Crippen LogP contribution in [-0.2, 0) is 10.8 Å². The lowest BCUT2D eigenvalue weighted by molar-refractivity contribution is 0.590. The highest BCUT2D eigenvalue weighted by molar-refractivity contribution is 7.00. The molecule has 0 saturated heterocycles. The Morgan fingerprint density at radius 1 is 0.468 bits per heavy atom. The summed E-state index contributed by atoms with van der Waals surface area (Å²) in [6.07, 6.45) is 9.20. The molecule has 5 heteroatoms. The van der Waals surface area contributed by atoms with Crippen molar-refractivity contribution in [2.24, 2.45) is 0 Å². The summed E-state index contributed by atoms with van der Waals surface area (Å²) in [6.45, 7) is 23.4. The molecule has 11 aromatic rings. The Hall–Kier alpha value is -8.28. The summed E-state index contributed by atoms with van der Waals surface area (Å²) < 4.78 is 9.15. The molecule has 1 aliphatic carbocycles. The number of aromatic nitrogens is 1. The molecule has 0 atom stereocenters. The van der Waals surface area contributed by atoms with Gasteiger partial charge in [0, 0.05) is 55.5 Å². The highest BCUT2D eigenvalue weighted by Gasteiger charge is 2.46. The molecule has 0 unspecified atom stereocenters. The molecular formula is C72H64BN3O. The van der Waals surface area contributed by atoms with Gasteiger partial charge in [-0.15, -0.1) is 0 Å². The van der Waals surface area contributed by atoms with Gasteiger partial charge < -0.3 is 18.8 Å². The first kappa shape index (κ1) is 47.2. The van der Waals surface area contributed by atoms with Crippen LogP contribution in [0.2, 0.25) is 0 Å². The number of rotatable bonds is 5. The smallest absolute Gasteiger partial charge is 0.252 e. The maximum absolute atomic E-state index is 6.67. The molecule has 0 spiro atoms. The predicted molar refractivity (Wildman–Crippen MR) is 330 cm³/mol. The fourth-order valence-electron chi connectivity index (χ4n) is 13.4. The third-order valence-electron chi connectivity index (χ3n) is 17.1. The van der Waals surface area contributed by atoms with E-state index in [9.17, 15) is 0 Å². The van der Waals surface area contributed by atoms with Gasteiger partial charge in [0.1, 0.15) is 11.2 Å². The minimum Gasteiger partial charge on any atom is -0.455 e. The van der Waals surface area contributed by atoms with Crippen LogP contribution in [-0.4, -0.2) is 11.3 Å². The van der Waals surface area contributed by atoms with Crippen LogP contribution in [0.4, 0.5) is 34.1 Å². The van der Waals surface area contributed by atoms with Crippen LogP contribution in [0.15, 0.2) is 186 Å². The first-order chi connectivity index (χ1) is 37.1. The number of fused-ring (bicyclic) bond motifs is 10. The summed E-state index contributed by atoms with van der Waals surface area (Å²) in [5.74, 6) is 0. The minimum absolute atomic E-state index is 0.0632. The van der Waals surface area contributed by atoms with E-state index in [4.69, 9.17) is 4.42 Å². The Balaban J connectivity index is 1.09. The van der Waals surface area contributed by atoms with Crippen molar-refractivity contribution in [2.45, 2.75) is 92.9 Å². The van der Waals surface area contributed by atoms with E-state index in [1.54, 1.807) is 0 Å². The van der Waals surface area contributed by atoms with E-state index in [1.807, 2.05) is 0 Å². The maximum atomic E-state index is 6.67. The summed E-state index contributed by atoms with van der Waals surface area (Å²) in [6, 6.07) is 62.2. The van der Waals surface area contributed by atoms with Gasteiger partial charge >= 0.3 is 0 Å². The average Bonchev–Trinajstić information content (AvgIpc) is 4.00. The van der Waals surface area contributed by atoms with Gasteiger partial charge in [0.05, 0.1) is 22.4 Å². The molecule has 77 heavy (non-hydrogen) atoms. The normalized spacial score (nSPS) is 14.2. The van der Waals surface area contributed by atoms with Crippen molar-refractivity contribution in [1.82, 2.24) is 4.57 Å². The van der Waals surface area contributed by atoms with Gasteiger partial charge in [-0.25, -0.2) is 0 Å². The second-order valence-electron chi connectivity index (χ2n) is 24.3. The molecule has 0 bridgehead atoms. The fourth-order valence-corrected chi connectivity index (χ4v) is 13.4. The van der Waals surface area contributed by atoms with Crippen LogP contribution in [0.25, 0.3) is 66.1 Å². The number of nitrogens with zero attached hydrogens (tertiary/aromatic N) is 3. The maximum Gasteiger partial charge on any atom is 0.252 e. The number of allylic oxidation sites excluding steroid dienone is 4. The van der Waals surface area contributed by atoms with Crippen molar-refractivity contribution >= 4 is 107 Å². The van der Waals surface area contributed by atoms with Crippen LogP contribution >= 0.6 is 0 Å². The molecule has 9 aromatic carbocycles. The van der Waals surface area contributed by atoms with Crippen molar-refractivity contribution < 1.29 is 4.42 Å². The number of hydrogen-bond acceptors (Lipinski definition) is 3. The van der Waals surface area contributed by atoms with Crippen molar-refractivity contribution in [2.75, 3.05) is 9.80 Å². The molecule has 2 aliphatic heterocycles. The highest BCUT2D eigenvalue weighted by atomic mass is 16.3. The predicted octanol–water partition coefficient (Wildman–Crippen LogP) is 18.0. The number of anilines is 6. The van der Waals surface area contributed by atoms with E-state index in [0.29, 0.717) is 0 Å². The van der Waals surface area contributed by atoms with Crippen LogP contribution in [0.5, 0.6) is 0 Å². The van der Waals surface area contributed by atoms with Crippen molar-refractivity contribution in [3.63, 3.8) is 0 Å². The number of benzene rings is 9. The molecule has 376 valence electrons. The first-order valence-electron chi connectivity index (χ1n) is 27.7. The molecule has 2 aromatic heterocycles. The lowest BCUT2D eigenvalue weighted by Gasteiger charge is -2.46. The second-order valence-corrected chi connectivity index (χ2v) is 24.3. The number of furan rings is 1. The van der Waals surface area contributed by atoms with Crippen LogP contribution in [0.1, 0.15) is 93.3 Å². The Morgan fingerprint density at radius 2 is 1.06 bits per heavy atom. The van der Waals surface area contributed by atoms with E-state index in [2.05, 4.69) is 266 Å². The van der Waals surface area contributed by atoms with Gasteiger partial charge in [-0.1, -0.05) is 151 Å². The topological polar surface area (TPSA) is 24.6 Å². The van der Waals surface area contributed by atoms with Gasteiger partial charge in [-0.3, -0.25) is 0 Å². The largest absolute Gasteiger partial charge is 0.455 e. The standard InChI is InChI=1S/C72H64BN3O/c1-43-34-48(47-22-13-11-14-23-47)35-44(2)68(43)76-63-42-61-57(54-26-17-19-30-60(54)74(61)52-24-15-12-16-25-52)41-59(63)73-58-33-32-50(71(5,6)7)38-62(58)75(64-39-51(72(8,9)10)40-65(76)67(64)73)69-45(3)36-49(37-46(69)4)53-28-21-29-56-55-27-18-20-31-66(55)77-70(53)56/h12-13,15-42H,11,14H2,1-10H3. The fraction of sp³-hybridized carbons (Fsp3) is 0.194. The Kier molecular flexibility index (Phi) is 10.5. The number of aryl methyl sites for hydroxylation is 4. The minimum atomic E-state index is -0.178. The third kappa shape index (κ3) is 7.26. The second kappa shape index (κ2) is 17.1. The molecule has 0 radical (unpaired) electrons. The van der Waals surface area contributed by atoms with E-state index in [-0.39, 0.29) is 17.5 Å². The van der Waals surface area contributed by atoms with E-state index >= 15 is 0 Å². The van der Waals surface area contributed by atoms with Gasteiger partial charge in [0.25, 0.3) is 6.71 Å². The van der Waals surface area contributed by atoms with Crippen LogP contribution in [0.3, 0.4) is 0 Å². The lowest BCUT2D eigenvalue weighted by atomic mass is 9.33. The van der Waals surface area contributed by atoms with Gasteiger partial charge in [-0.05, 0) is 191 Å². The van der Waals surface area contributed by atoms with Gasteiger partial charge in [0.2, 0.25) is 0 Å². The molecular weight excluding hydrogens is 934 g/mol. The van der Waals surface area contributed by atoms with Crippen molar-refractivity contribution in [3.05, 3.63) is 221 Å². The average molecular weight is 998 g/mol. The molecule has 4 nitrogen and oxygen atoms in total. The summed E-state index contributed by atoms with van der Waals surface area (Å²) in [5, 5.41) is 4.80. The summed E-state index contributed by atoms with van der Waals surface area (Å²) in [7, 11) is 0. The van der Waals surface area contributed by atoms with E-state index in [0.717, 1.165) is 51.6 Å². The quantitative estimate of drug-likeness (QED) is 0.161. The number of hydrogen-bond donors (Lipinski definition) is 0. The molecule has 4 heterocycles. The molecule has 0 amide bonds. The lowest BCUT2D eigenvalue weighted by Crippen LogP contribution is -2.61.